The van der Waals surface area contributed by atoms with E-state index in [-0.39, 0.29) is 17.9 Å². The van der Waals surface area contributed by atoms with Gasteiger partial charge in [0.2, 0.25) is 0 Å². The van der Waals surface area contributed by atoms with E-state index >= 15 is 0 Å². The number of methoxy groups -OCH3 is 2. The van der Waals surface area contributed by atoms with Crippen molar-refractivity contribution in [1.29, 1.82) is 0 Å². The average molecular weight is 459 g/mol. The van der Waals surface area contributed by atoms with Gasteiger partial charge in [0, 0.05) is 24.5 Å². The normalized spacial score (nSPS) is 17.1. The monoisotopic (exact) mass is 458 g/mol. The highest BCUT2D eigenvalue weighted by Crippen LogP contribution is 2.39. The van der Waals surface area contributed by atoms with Gasteiger partial charge in [-0.15, -0.1) is 0 Å². The Morgan fingerprint density at radius 2 is 1.76 bits per heavy atom. The maximum Gasteiger partial charge on any atom is 0.295 e. The SMILES string of the molecule is COc1ccc(CCN2C(=O)C(=O)C(=C(O)c3ccc(C)cc3)[C@@H]2c2cccnc2)cc1OC. The summed E-state index contributed by atoms with van der Waals surface area (Å²) in [6, 6.07) is 15.5. The van der Waals surface area contributed by atoms with Crippen LogP contribution >= 0.6 is 0 Å². The van der Waals surface area contributed by atoms with Gasteiger partial charge in [-0.3, -0.25) is 14.6 Å². The fourth-order valence-corrected chi connectivity index (χ4v) is 4.15. The summed E-state index contributed by atoms with van der Waals surface area (Å²) < 4.78 is 10.7. The number of ether oxygens (including phenoxy) is 2. The van der Waals surface area contributed by atoms with Gasteiger partial charge in [0.25, 0.3) is 11.7 Å². The Hall–Kier alpha value is -4.13. The van der Waals surface area contributed by atoms with Crippen molar-refractivity contribution in [3.8, 4) is 11.5 Å². The Balaban J connectivity index is 1.72. The molecular weight excluding hydrogens is 432 g/mol. The molecule has 1 saturated heterocycles. The number of hydrogen-bond acceptors (Lipinski definition) is 6. The number of hydrogen-bond donors (Lipinski definition) is 1. The molecule has 2 heterocycles. The number of aliphatic hydroxyl groups excluding tert-OH is 1. The van der Waals surface area contributed by atoms with Gasteiger partial charge >= 0.3 is 0 Å². The van der Waals surface area contributed by atoms with Crippen LogP contribution in [0.15, 0.2) is 72.6 Å². The molecular formula is C27H26N2O5. The van der Waals surface area contributed by atoms with Crippen LogP contribution in [0.3, 0.4) is 0 Å². The van der Waals surface area contributed by atoms with Crippen molar-refractivity contribution >= 4 is 17.4 Å². The van der Waals surface area contributed by atoms with Crippen molar-refractivity contribution in [3.63, 3.8) is 0 Å². The summed E-state index contributed by atoms with van der Waals surface area (Å²) in [5.74, 6) is -0.353. The lowest BCUT2D eigenvalue weighted by molar-refractivity contribution is -0.139. The van der Waals surface area contributed by atoms with Crippen LogP contribution in [0.5, 0.6) is 11.5 Å². The fraction of sp³-hybridized carbons (Fsp3) is 0.222. The third kappa shape index (κ3) is 4.37. The largest absolute Gasteiger partial charge is 0.507 e. The molecule has 0 unspecified atom stereocenters. The number of nitrogens with zero attached hydrogens (tertiary/aromatic N) is 2. The highest BCUT2D eigenvalue weighted by atomic mass is 16.5. The van der Waals surface area contributed by atoms with Crippen LogP contribution in [-0.4, -0.2) is 47.4 Å². The van der Waals surface area contributed by atoms with Gasteiger partial charge in [0.15, 0.2) is 11.5 Å². The summed E-state index contributed by atoms with van der Waals surface area (Å²) in [7, 11) is 3.13. The van der Waals surface area contributed by atoms with E-state index in [1.165, 1.54) is 4.90 Å². The topological polar surface area (TPSA) is 89.0 Å². The van der Waals surface area contributed by atoms with Crippen LogP contribution in [0, 0.1) is 6.92 Å². The lowest BCUT2D eigenvalue weighted by Crippen LogP contribution is -2.31. The lowest BCUT2D eigenvalue weighted by atomic mass is 9.96. The molecule has 7 nitrogen and oxygen atoms in total. The first-order chi connectivity index (χ1) is 16.4. The Bertz CT molecular complexity index is 1240. The maximum atomic E-state index is 13.1. The van der Waals surface area contributed by atoms with E-state index in [2.05, 4.69) is 4.98 Å². The summed E-state index contributed by atoms with van der Waals surface area (Å²) in [6.07, 6.45) is 3.72. The molecule has 3 aromatic rings. The van der Waals surface area contributed by atoms with Crippen molar-refractivity contribution in [2.75, 3.05) is 20.8 Å². The van der Waals surface area contributed by atoms with E-state index in [1.54, 1.807) is 56.9 Å². The van der Waals surface area contributed by atoms with Crippen molar-refractivity contribution in [2.24, 2.45) is 0 Å². The molecule has 1 atom stereocenters. The summed E-state index contributed by atoms with van der Waals surface area (Å²) >= 11 is 0. The van der Waals surface area contributed by atoms with E-state index < -0.39 is 17.7 Å². The first kappa shape index (κ1) is 23.0. The molecule has 0 radical (unpaired) electrons. The van der Waals surface area contributed by atoms with Crippen molar-refractivity contribution in [3.05, 3.63) is 94.8 Å². The number of carbonyl (C=O) groups excluding carboxylic acids is 2. The minimum atomic E-state index is -0.741. The summed E-state index contributed by atoms with van der Waals surface area (Å²) in [6.45, 7) is 2.21. The number of amides is 1. The zero-order valence-corrected chi connectivity index (χ0v) is 19.3. The van der Waals surface area contributed by atoms with E-state index in [0.29, 0.717) is 29.0 Å². The molecule has 34 heavy (non-hydrogen) atoms. The number of likely N-dealkylation sites (tertiary alicyclic amines) is 1. The van der Waals surface area contributed by atoms with E-state index in [9.17, 15) is 14.7 Å². The Morgan fingerprint density at radius 1 is 1.03 bits per heavy atom. The smallest absolute Gasteiger partial charge is 0.295 e. The number of ketones is 1. The predicted molar refractivity (Wildman–Crippen MR) is 128 cm³/mol. The Morgan fingerprint density at radius 3 is 2.41 bits per heavy atom. The van der Waals surface area contributed by atoms with Crippen LogP contribution in [-0.2, 0) is 16.0 Å². The van der Waals surface area contributed by atoms with Crippen LogP contribution in [0.1, 0.15) is 28.3 Å². The number of Topliss-reactive ketones (excluding diaryl/α,β-unsaturated/α-hetero) is 1. The molecule has 174 valence electrons. The molecule has 1 amide bonds. The fourth-order valence-electron chi connectivity index (χ4n) is 4.15. The quantitative estimate of drug-likeness (QED) is 0.326. The van der Waals surface area contributed by atoms with Crippen molar-refractivity contribution < 1.29 is 24.2 Å². The van der Waals surface area contributed by atoms with Crippen molar-refractivity contribution in [1.82, 2.24) is 9.88 Å². The molecule has 1 N–H and O–H groups in total. The molecule has 1 aliphatic heterocycles. The van der Waals surface area contributed by atoms with Crippen molar-refractivity contribution in [2.45, 2.75) is 19.4 Å². The maximum absolute atomic E-state index is 13.1. The second kappa shape index (κ2) is 9.79. The Labute approximate surface area is 198 Å². The minimum Gasteiger partial charge on any atom is -0.507 e. The predicted octanol–water partition coefficient (Wildman–Crippen LogP) is 4.07. The van der Waals surface area contributed by atoms with Gasteiger partial charge in [-0.1, -0.05) is 42.0 Å². The number of benzene rings is 2. The van der Waals surface area contributed by atoms with Crippen LogP contribution in [0.2, 0.25) is 0 Å². The second-order valence-electron chi connectivity index (χ2n) is 8.08. The third-order valence-electron chi connectivity index (χ3n) is 5.95. The van der Waals surface area contributed by atoms with Gasteiger partial charge in [-0.2, -0.15) is 0 Å². The number of aromatic nitrogens is 1. The number of aliphatic hydroxyl groups is 1. The zero-order chi connectivity index (χ0) is 24.2. The highest BCUT2D eigenvalue weighted by Gasteiger charge is 2.45. The first-order valence-electron chi connectivity index (χ1n) is 10.9. The lowest BCUT2D eigenvalue weighted by Gasteiger charge is -2.25. The first-order valence-corrected chi connectivity index (χ1v) is 10.9. The van der Waals surface area contributed by atoms with Crippen LogP contribution in [0.4, 0.5) is 0 Å². The minimum absolute atomic E-state index is 0.0640. The van der Waals surface area contributed by atoms with Gasteiger partial charge in [0.05, 0.1) is 25.8 Å². The number of pyridine rings is 1. The summed E-state index contributed by atoms with van der Waals surface area (Å²) in [5.41, 5.74) is 3.15. The van der Waals surface area contributed by atoms with Gasteiger partial charge in [0.1, 0.15) is 5.76 Å². The molecule has 0 saturated carbocycles. The van der Waals surface area contributed by atoms with Crippen LogP contribution in [0.25, 0.3) is 5.76 Å². The Kier molecular flexibility index (Phi) is 6.63. The van der Waals surface area contributed by atoms with E-state index in [4.69, 9.17) is 9.47 Å². The summed E-state index contributed by atoms with van der Waals surface area (Å²) in [5, 5.41) is 11.1. The highest BCUT2D eigenvalue weighted by molar-refractivity contribution is 6.46. The van der Waals surface area contributed by atoms with E-state index in [0.717, 1.165) is 11.1 Å². The molecule has 7 heteroatoms. The van der Waals surface area contributed by atoms with Crippen LogP contribution < -0.4 is 9.47 Å². The molecule has 0 aliphatic carbocycles. The molecule has 2 aromatic carbocycles. The molecule has 1 aliphatic rings. The average Bonchev–Trinajstić information content (AvgIpc) is 3.12. The third-order valence-corrected chi connectivity index (χ3v) is 5.95. The molecule has 1 aromatic heterocycles. The van der Waals surface area contributed by atoms with Gasteiger partial charge in [-0.05, 0) is 42.7 Å². The summed E-state index contributed by atoms with van der Waals surface area (Å²) in [4.78, 5) is 31.9. The molecule has 0 bridgehead atoms. The van der Waals surface area contributed by atoms with Gasteiger partial charge in [-0.25, -0.2) is 0 Å². The zero-order valence-electron chi connectivity index (χ0n) is 19.3. The molecule has 4 rings (SSSR count). The number of aryl methyl sites for hydroxylation is 1. The second-order valence-corrected chi connectivity index (χ2v) is 8.08. The van der Waals surface area contributed by atoms with Gasteiger partial charge < -0.3 is 19.5 Å². The number of carbonyl (C=O) groups is 2. The number of rotatable bonds is 7. The molecule has 0 spiro atoms. The van der Waals surface area contributed by atoms with E-state index in [1.807, 2.05) is 31.2 Å². The molecule has 1 fully saturated rings. The standard InChI is InChI=1S/C27H26N2O5/c1-17-6-9-19(10-7-17)25(30)23-24(20-5-4-13-28-16-20)29(27(32)26(23)31)14-12-18-8-11-21(33-2)22(15-18)34-3/h4-11,13,15-16,24,30H,12,14H2,1-3H3/t24-/m0/s1.